The zero-order chi connectivity index (χ0) is 13.9. The first-order valence-corrected chi connectivity index (χ1v) is 7.61. The minimum atomic E-state index is 0.435. The van der Waals surface area contributed by atoms with Crippen LogP contribution in [-0.2, 0) is 12.8 Å². The third-order valence-electron chi connectivity index (χ3n) is 4.16. The van der Waals surface area contributed by atoms with E-state index in [0.29, 0.717) is 6.04 Å². The van der Waals surface area contributed by atoms with Crippen LogP contribution < -0.4 is 5.32 Å². The molecule has 0 fully saturated rings. The standard InChI is InChI=1S/C17H23N3/c1-13(12-18-15-8-4-3-5-9-15)20-14(2)19-16-10-6-7-11-17(16)20/h3-5,8-9,13,18H,6-7,10-12H2,1-2H3. The van der Waals surface area contributed by atoms with E-state index in [2.05, 4.69) is 48.0 Å². The second kappa shape index (κ2) is 5.70. The van der Waals surface area contributed by atoms with Gasteiger partial charge in [-0.15, -0.1) is 0 Å². The zero-order valence-electron chi connectivity index (χ0n) is 12.4. The molecule has 0 aliphatic heterocycles. The Bertz CT molecular complexity index is 571. The summed E-state index contributed by atoms with van der Waals surface area (Å²) in [5.74, 6) is 1.17. The summed E-state index contributed by atoms with van der Waals surface area (Å²) in [5.41, 5.74) is 3.99. The minimum Gasteiger partial charge on any atom is -0.383 e. The predicted molar refractivity (Wildman–Crippen MR) is 83.2 cm³/mol. The Morgan fingerprint density at radius 1 is 1.20 bits per heavy atom. The third kappa shape index (κ3) is 2.58. The number of fused-ring (bicyclic) bond motifs is 1. The number of rotatable bonds is 4. The molecule has 0 radical (unpaired) electrons. The van der Waals surface area contributed by atoms with Gasteiger partial charge < -0.3 is 9.88 Å². The maximum Gasteiger partial charge on any atom is 0.106 e. The Morgan fingerprint density at radius 3 is 2.75 bits per heavy atom. The summed E-state index contributed by atoms with van der Waals surface area (Å²) >= 11 is 0. The van der Waals surface area contributed by atoms with Crippen molar-refractivity contribution >= 4 is 5.69 Å². The van der Waals surface area contributed by atoms with E-state index in [4.69, 9.17) is 4.98 Å². The normalized spacial score (nSPS) is 15.7. The molecule has 3 heteroatoms. The van der Waals surface area contributed by atoms with E-state index in [-0.39, 0.29) is 0 Å². The molecular weight excluding hydrogens is 246 g/mol. The molecule has 2 aromatic rings. The van der Waals surface area contributed by atoms with E-state index in [1.807, 2.05) is 6.07 Å². The minimum absolute atomic E-state index is 0.435. The third-order valence-corrected chi connectivity index (χ3v) is 4.16. The highest BCUT2D eigenvalue weighted by atomic mass is 15.1. The van der Waals surface area contributed by atoms with E-state index >= 15 is 0 Å². The van der Waals surface area contributed by atoms with Crippen LogP contribution in [0.15, 0.2) is 30.3 Å². The molecule has 1 unspecified atom stereocenters. The summed E-state index contributed by atoms with van der Waals surface area (Å²) < 4.78 is 2.43. The lowest BCUT2D eigenvalue weighted by Crippen LogP contribution is -2.20. The lowest BCUT2D eigenvalue weighted by molar-refractivity contribution is 0.520. The Hall–Kier alpha value is -1.77. The van der Waals surface area contributed by atoms with Crippen molar-refractivity contribution in [3.05, 3.63) is 47.5 Å². The first-order valence-electron chi connectivity index (χ1n) is 7.61. The highest BCUT2D eigenvalue weighted by molar-refractivity contribution is 5.42. The molecule has 1 aromatic heterocycles. The predicted octanol–water partition coefficient (Wildman–Crippen LogP) is 3.74. The molecule has 0 bridgehead atoms. The molecule has 1 aliphatic carbocycles. The Morgan fingerprint density at radius 2 is 1.95 bits per heavy atom. The molecule has 3 nitrogen and oxygen atoms in total. The molecule has 1 atom stereocenters. The number of anilines is 1. The summed E-state index contributed by atoms with van der Waals surface area (Å²) in [6, 6.07) is 10.8. The van der Waals surface area contributed by atoms with Crippen LogP contribution in [0, 0.1) is 6.92 Å². The molecule has 0 saturated heterocycles. The van der Waals surface area contributed by atoms with Gasteiger partial charge in [-0.25, -0.2) is 4.98 Å². The van der Waals surface area contributed by atoms with E-state index in [9.17, 15) is 0 Å². The second-order valence-electron chi connectivity index (χ2n) is 5.73. The van der Waals surface area contributed by atoms with E-state index in [0.717, 1.165) is 13.0 Å². The van der Waals surface area contributed by atoms with Crippen molar-refractivity contribution in [2.75, 3.05) is 11.9 Å². The highest BCUT2D eigenvalue weighted by Gasteiger charge is 2.20. The molecular formula is C17H23N3. The fourth-order valence-electron chi connectivity index (χ4n) is 3.20. The summed E-state index contributed by atoms with van der Waals surface area (Å²) in [4.78, 5) is 4.76. The molecule has 0 amide bonds. The van der Waals surface area contributed by atoms with Crippen LogP contribution in [0.4, 0.5) is 5.69 Å². The van der Waals surface area contributed by atoms with E-state index in [1.165, 1.54) is 42.2 Å². The molecule has 106 valence electrons. The van der Waals surface area contributed by atoms with Crippen LogP contribution in [0.3, 0.4) is 0 Å². The van der Waals surface area contributed by atoms with Crippen LogP contribution >= 0.6 is 0 Å². The number of hydrogen-bond donors (Lipinski definition) is 1. The number of nitrogens with one attached hydrogen (secondary N) is 1. The van der Waals surface area contributed by atoms with Crippen molar-refractivity contribution in [2.24, 2.45) is 0 Å². The summed E-state index contributed by atoms with van der Waals surface area (Å²) in [6.07, 6.45) is 4.94. The molecule has 3 rings (SSSR count). The van der Waals surface area contributed by atoms with Gasteiger partial charge in [0.25, 0.3) is 0 Å². The largest absolute Gasteiger partial charge is 0.383 e. The highest BCUT2D eigenvalue weighted by Crippen LogP contribution is 2.25. The van der Waals surface area contributed by atoms with Crippen LogP contribution in [-0.4, -0.2) is 16.1 Å². The van der Waals surface area contributed by atoms with Crippen molar-refractivity contribution in [2.45, 2.75) is 45.6 Å². The van der Waals surface area contributed by atoms with Crippen LogP contribution in [0.1, 0.15) is 43.0 Å². The molecule has 20 heavy (non-hydrogen) atoms. The number of hydrogen-bond acceptors (Lipinski definition) is 2. The average molecular weight is 269 g/mol. The monoisotopic (exact) mass is 269 g/mol. The molecule has 1 heterocycles. The van der Waals surface area contributed by atoms with Gasteiger partial charge in [-0.1, -0.05) is 18.2 Å². The van der Waals surface area contributed by atoms with Crippen LogP contribution in [0.25, 0.3) is 0 Å². The molecule has 1 N–H and O–H groups in total. The Labute approximate surface area is 121 Å². The van der Waals surface area contributed by atoms with Crippen molar-refractivity contribution in [1.29, 1.82) is 0 Å². The maximum atomic E-state index is 4.76. The van der Waals surface area contributed by atoms with Crippen LogP contribution in [0.2, 0.25) is 0 Å². The van der Waals surface area contributed by atoms with Gasteiger partial charge in [0.05, 0.1) is 5.69 Å². The lowest BCUT2D eigenvalue weighted by Gasteiger charge is -2.21. The smallest absolute Gasteiger partial charge is 0.106 e. The van der Waals surface area contributed by atoms with Crippen LogP contribution in [0.5, 0.6) is 0 Å². The van der Waals surface area contributed by atoms with Crippen molar-refractivity contribution in [3.8, 4) is 0 Å². The number of para-hydroxylation sites is 1. The molecule has 1 aromatic carbocycles. The van der Waals surface area contributed by atoms with Gasteiger partial charge in [0.15, 0.2) is 0 Å². The lowest BCUT2D eigenvalue weighted by atomic mass is 10.0. The van der Waals surface area contributed by atoms with Gasteiger partial charge >= 0.3 is 0 Å². The second-order valence-corrected chi connectivity index (χ2v) is 5.73. The van der Waals surface area contributed by atoms with Gasteiger partial charge in [-0.2, -0.15) is 0 Å². The number of nitrogens with zero attached hydrogens (tertiary/aromatic N) is 2. The molecule has 1 aliphatic rings. The summed E-state index contributed by atoms with van der Waals surface area (Å²) in [7, 11) is 0. The number of benzene rings is 1. The van der Waals surface area contributed by atoms with Crippen molar-refractivity contribution < 1.29 is 0 Å². The Kier molecular flexibility index (Phi) is 3.77. The average Bonchev–Trinajstić information content (AvgIpc) is 2.82. The number of imidazole rings is 1. The first-order chi connectivity index (χ1) is 9.75. The van der Waals surface area contributed by atoms with Crippen molar-refractivity contribution in [1.82, 2.24) is 9.55 Å². The molecule has 0 spiro atoms. The van der Waals surface area contributed by atoms with Crippen molar-refractivity contribution in [3.63, 3.8) is 0 Å². The number of aromatic nitrogens is 2. The SMILES string of the molecule is Cc1nc2c(n1C(C)CNc1ccccc1)CCCC2. The van der Waals surface area contributed by atoms with Gasteiger partial charge in [0, 0.05) is 24.0 Å². The van der Waals surface area contributed by atoms with Gasteiger partial charge in [0.1, 0.15) is 5.82 Å². The van der Waals surface area contributed by atoms with Gasteiger partial charge in [0.2, 0.25) is 0 Å². The number of aryl methyl sites for hydroxylation is 2. The van der Waals surface area contributed by atoms with Gasteiger partial charge in [-0.3, -0.25) is 0 Å². The van der Waals surface area contributed by atoms with E-state index < -0.39 is 0 Å². The fraction of sp³-hybridized carbons (Fsp3) is 0.471. The maximum absolute atomic E-state index is 4.76. The zero-order valence-corrected chi connectivity index (χ0v) is 12.4. The quantitative estimate of drug-likeness (QED) is 0.916. The molecule has 0 saturated carbocycles. The topological polar surface area (TPSA) is 29.9 Å². The fourth-order valence-corrected chi connectivity index (χ4v) is 3.20. The summed E-state index contributed by atoms with van der Waals surface area (Å²) in [6.45, 7) is 5.35. The Balaban J connectivity index is 1.74. The first kappa shape index (κ1) is 13.2. The van der Waals surface area contributed by atoms with Gasteiger partial charge in [-0.05, 0) is 51.7 Å². The summed E-state index contributed by atoms with van der Waals surface area (Å²) in [5, 5.41) is 3.52. The van der Waals surface area contributed by atoms with E-state index in [1.54, 1.807) is 0 Å².